The highest BCUT2D eigenvalue weighted by molar-refractivity contribution is 5.35. The number of rotatable bonds is 3. The maximum Gasteiger partial charge on any atom is 0.126 e. The van der Waals surface area contributed by atoms with E-state index in [0.717, 1.165) is 24.0 Å². The normalized spacial score (nSPS) is 20.2. The van der Waals surface area contributed by atoms with Crippen LogP contribution < -0.4 is 5.32 Å². The Morgan fingerprint density at radius 2 is 2.44 bits per heavy atom. The fraction of sp³-hybridized carbons (Fsp3) is 0.429. The summed E-state index contributed by atoms with van der Waals surface area (Å²) in [5.74, 6) is 2.56. The minimum atomic E-state index is -0.0774. The maximum absolute atomic E-state index is 13.5. The molecule has 1 aromatic carbocycles. The van der Waals surface area contributed by atoms with Gasteiger partial charge in [-0.15, -0.1) is 12.3 Å². The lowest BCUT2D eigenvalue weighted by atomic mass is 10.1. The Bertz CT molecular complexity index is 419. The summed E-state index contributed by atoms with van der Waals surface area (Å²) in [7, 11) is 0. The molecule has 0 radical (unpaired) electrons. The van der Waals surface area contributed by atoms with Crippen LogP contribution in [0.25, 0.3) is 0 Å². The fourth-order valence-electron chi connectivity index (χ4n) is 2.36. The quantitative estimate of drug-likeness (QED) is 0.768. The Morgan fingerprint density at radius 1 is 1.62 bits per heavy atom. The van der Waals surface area contributed by atoms with E-state index in [4.69, 9.17) is 6.42 Å². The number of terminal acetylenes is 1. The molecule has 0 aromatic heterocycles. The molecule has 16 heavy (non-hydrogen) atoms. The van der Waals surface area contributed by atoms with Gasteiger partial charge in [0.15, 0.2) is 0 Å². The van der Waals surface area contributed by atoms with Crippen LogP contribution in [0.1, 0.15) is 36.9 Å². The zero-order chi connectivity index (χ0) is 11.5. The average molecular weight is 217 g/mol. The molecule has 2 unspecified atom stereocenters. The minimum absolute atomic E-state index is 0.0774. The molecule has 0 heterocycles. The van der Waals surface area contributed by atoms with Gasteiger partial charge >= 0.3 is 0 Å². The van der Waals surface area contributed by atoms with Crippen LogP contribution in [0.4, 0.5) is 4.39 Å². The Kier molecular flexibility index (Phi) is 3.26. The van der Waals surface area contributed by atoms with Crippen molar-refractivity contribution in [3.63, 3.8) is 0 Å². The van der Waals surface area contributed by atoms with Gasteiger partial charge in [0, 0.05) is 18.5 Å². The third-order valence-corrected chi connectivity index (χ3v) is 3.12. The van der Waals surface area contributed by atoms with Gasteiger partial charge in [0.2, 0.25) is 0 Å². The van der Waals surface area contributed by atoms with Gasteiger partial charge in [-0.25, -0.2) is 4.39 Å². The zero-order valence-corrected chi connectivity index (χ0v) is 9.46. The molecule has 0 amide bonds. The number of fused-ring (bicyclic) bond motifs is 1. The highest BCUT2D eigenvalue weighted by Gasteiger charge is 2.25. The lowest BCUT2D eigenvalue weighted by molar-refractivity contribution is 0.459. The van der Waals surface area contributed by atoms with Gasteiger partial charge in [-0.1, -0.05) is 12.1 Å². The summed E-state index contributed by atoms with van der Waals surface area (Å²) in [5.41, 5.74) is 1.97. The molecule has 1 N–H and O–H groups in total. The molecule has 2 heteroatoms. The van der Waals surface area contributed by atoms with E-state index < -0.39 is 0 Å². The zero-order valence-electron chi connectivity index (χ0n) is 9.46. The molecule has 0 aliphatic heterocycles. The molecule has 0 saturated carbocycles. The minimum Gasteiger partial charge on any atom is -0.306 e. The second kappa shape index (κ2) is 4.67. The molecular formula is C14H16FN. The predicted octanol–water partition coefficient (Wildman–Crippen LogP) is 2.81. The SMILES string of the molecule is C#CCC(C)NC1CCc2c(F)cccc21. The maximum atomic E-state index is 13.5. The van der Waals surface area contributed by atoms with E-state index in [1.807, 2.05) is 6.07 Å². The number of benzene rings is 1. The van der Waals surface area contributed by atoms with Gasteiger partial charge in [-0.05, 0) is 37.0 Å². The van der Waals surface area contributed by atoms with Crippen LogP contribution >= 0.6 is 0 Å². The summed E-state index contributed by atoms with van der Waals surface area (Å²) in [5, 5.41) is 3.45. The van der Waals surface area contributed by atoms with E-state index in [1.165, 1.54) is 6.07 Å². The molecular weight excluding hydrogens is 201 g/mol. The lowest BCUT2D eigenvalue weighted by Gasteiger charge is -2.18. The molecule has 1 aromatic rings. The van der Waals surface area contributed by atoms with Crippen molar-refractivity contribution in [2.75, 3.05) is 0 Å². The highest BCUT2D eigenvalue weighted by atomic mass is 19.1. The summed E-state index contributed by atoms with van der Waals surface area (Å²) in [6, 6.07) is 5.86. The predicted molar refractivity (Wildman–Crippen MR) is 63.5 cm³/mol. The van der Waals surface area contributed by atoms with Crippen molar-refractivity contribution in [3.8, 4) is 12.3 Å². The van der Waals surface area contributed by atoms with E-state index in [1.54, 1.807) is 6.07 Å². The Labute approximate surface area is 96.1 Å². The third kappa shape index (κ3) is 2.10. The third-order valence-electron chi connectivity index (χ3n) is 3.12. The Balaban J connectivity index is 2.12. The largest absolute Gasteiger partial charge is 0.306 e. The van der Waals surface area contributed by atoms with Gasteiger partial charge in [0.25, 0.3) is 0 Å². The summed E-state index contributed by atoms with van der Waals surface area (Å²) in [6.07, 6.45) is 7.77. The first kappa shape index (κ1) is 11.2. The van der Waals surface area contributed by atoms with Crippen LogP contribution in [0.15, 0.2) is 18.2 Å². The van der Waals surface area contributed by atoms with Crippen LogP contribution in [-0.4, -0.2) is 6.04 Å². The molecule has 2 atom stereocenters. The molecule has 0 bridgehead atoms. The number of nitrogens with one attached hydrogen (secondary N) is 1. The number of hydrogen-bond donors (Lipinski definition) is 1. The molecule has 1 aliphatic carbocycles. The smallest absolute Gasteiger partial charge is 0.126 e. The summed E-state index contributed by atoms with van der Waals surface area (Å²) in [4.78, 5) is 0. The van der Waals surface area contributed by atoms with Gasteiger partial charge in [0.05, 0.1) is 0 Å². The van der Waals surface area contributed by atoms with E-state index >= 15 is 0 Å². The second-order valence-electron chi connectivity index (χ2n) is 4.37. The van der Waals surface area contributed by atoms with Crippen molar-refractivity contribution in [1.82, 2.24) is 5.32 Å². The van der Waals surface area contributed by atoms with Crippen LogP contribution in [-0.2, 0) is 6.42 Å². The van der Waals surface area contributed by atoms with E-state index in [2.05, 4.69) is 18.2 Å². The van der Waals surface area contributed by atoms with Crippen LogP contribution in [0.3, 0.4) is 0 Å². The van der Waals surface area contributed by atoms with E-state index in [9.17, 15) is 4.39 Å². The van der Waals surface area contributed by atoms with Crippen molar-refractivity contribution >= 4 is 0 Å². The molecule has 1 aliphatic rings. The van der Waals surface area contributed by atoms with Gasteiger partial charge in [-0.2, -0.15) is 0 Å². The van der Waals surface area contributed by atoms with Crippen LogP contribution in [0.2, 0.25) is 0 Å². The monoisotopic (exact) mass is 217 g/mol. The molecule has 2 rings (SSSR count). The van der Waals surface area contributed by atoms with Crippen molar-refractivity contribution < 1.29 is 4.39 Å². The van der Waals surface area contributed by atoms with E-state index in [0.29, 0.717) is 6.42 Å². The van der Waals surface area contributed by atoms with Crippen molar-refractivity contribution in [2.45, 2.75) is 38.3 Å². The van der Waals surface area contributed by atoms with E-state index in [-0.39, 0.29) is 17.9 Å². The van der Waals surface area contributed by atoms with Crippen molar-refractivity contribution in [1.29, 1.82) is 0 Å². The van der Waals surface area contributed by atoms with Crippen molar-refractivity contribution in [2.24, 2.45) is 0 Å². The molecule has 0 fully saturated rings. The molecule has 0 saturated heterocycles. The number of halogens is 1. The van der Waals surface area contributed by atoms with Crippen LogP contribution in [0.5, 0.6) is 0 Å². The molecule has 84 valence electrons. The summed E-state index contributed by atoms with van der Waals surface area (Å²) in [6.45, 7) is 2.07. The van der Waals surface area contributed by atoms with Gasteiger partial charge in [-0.3, -0.25) is 0 Å². The van der Waals surface area contributed by atoms with Gasteiger partial charge in [0.1, 0.15) is 5.82 Å². The summed E-state index contributed by atoms with van der Waals surface area (Å²) < 4.78 is 13.5. The standard InChI is InChI=1S/C14H16FN/c1-3-5-10(2)16-14-9-8-11-12(14)6-4-7-13(11)15/h1,4,6-7,10,14,16H,5,8-9H2,2H3. The lowest BCUT2D eigenvalue weighted by Crippen LogP contribution is -2.28. The first-order valence-electron chi connectivity index (χ1n) is 5.69. The fourth-order valence-corrected chi connectivity index (χ4v) is 2.36. The first-order valence-corrected chi connectivity index (χ1v) is 5.69. The number of hydrogen-bond acceptors (Lipinski definition) is 1. The van der Waals surface area contributed by atoms with Crippen molar-refractivity contribution in [3.05, 3.63) is 35.1 Å². The average Bonchev–Trinajstić information content (AvgIpc) is 2.64. The molecule has 1 nitrogen and oxygen atoms in total. The Morgan fingerprint density at radius 3 is 3.19 bits per heavy atom. The first-order chi connectivity index (χ1) is 7.72. The second-order valence-corrected chi connectivity index (χ2v) is 4.37. The Hall–Kier alpha value is -1.33. The van der Waals surface area contributed by atoms with Crippen LogP contribution in [0, 0.1) is 18.2 Å². The topological polar surface area (TPSA) is 12.0 Å². The van der Waals surface area contributed by atoms with Gasteiger partial charge < -0.3 is 5.32 Å². The highest BCUT2D eigenvalue weighted by Crippen LogP contribution is 2.32. The molecule has 0 spiro atoms. The summed E-state index contributed by atoms with van der Waals surface area (Å²) >= 11 is 0.